The Bertz CT molecular complexity index is 256. The molecular formula is C9H18N2O6. The van der Waals surface area contributed by atoms with Crippen molar-refractivity contribution >= 4 is 17.9 Å². The van der Waals surface area contributed by atoms with E-state index in [2.05, 4.69) is 0 Å². The molecule has 100 valence electrons. The minimum Gasteiger partial charge on any atom is -0.481 e. The topological polar surface area (TPSA) is 164 Å². The monoisotopic (exact) mass is 250 g/mol. The van der Waals surface area contributed by atoms with E-state index < -0.39 is 23.9 Å². The van der Waals surface area contributed by atoms with Crippen molar-refractivity contribution in [2.45, 2.75) is 31.7 Å². The van der Waals surface area contributed by atoms with Crippen LogP contribution in [0.25, 0.3) is 0 Å². The molecule has 8 heteroatoms. The molecule has 0 spiro atoms. The molecule has 0 aromatic heterocycles. The smallest absolute Gasteiger partial charge is 0.320 e. The Labute approximate surface area is 98.2 Å². The second-order valence-electron chi connectivity index (χ2n) is 3.16. The van der Waals surface area contributed by atoms with E-state index in [-0.39, 0.29) is 19.3 Å². The molecule has 0 rings (SSSR count). The third-order valence-corrected chi connectivity index (χ3v) is 1.58. The molecule has 0 radical (unpaired) electrons. The van der Waals surface area contributed by atoms with Crippen LogP contribution in [0.4, 0.5) is 0 Å². The molecule has 0 heterocycles. The number of carbonyl (C=O) groups is 3. The molecule has 0 aliphatic carbocycles. The SMILES string of the molecule is NC(CCC(=O)O)C(=O)O.NCCCC(=O)O. The largest absolute Gasteiger partial charge is 0.481 e. The van der Waals surface area contributed by atoms with Crippen LogP contribution in [0.15, 0.2) is 0 Å². The van der Waals surface area contributed by atoms with Gasteiger partial charge in [0, 0.05) is 12.8 Å². The summed E-state index contributed by atoms with van der Waals surface area (Å²) in [4.78, 5) is 29.6. The van der Waals surface area contributed by atoms with Crippen molar-refractivity contribution in [3.63, 3.8) is 0 Å². The lowest BCUT2D eigenvalue weighted by molar-refractivity contribution is -0.140. The maximum Gasteiger partial charge on any atom is 0.320 e. The number of carboxylic acid groups (broad SMARTS) is 3. The predicted octanol–water partition coefficient (Wildman–Crippen LogP) is -0.927. The van der Waals surface area contributed by atoms with Crippen molar-refractivity contribution < 1.29 is 29.7 Å². The first-order valence-electron chi connectivity index (χ1n) is 4.93. The van der Waals surface area contributed by atoms with Gasteiger partial charge in [-0.3, -0.25) is 14.4 Å². The number of hydrogen-bond donors (Lipinski definition) is 5. The van der Waals surface area contributed by atoms with Gasteiger partial charge in [0.1, 0.15) is 6.04 Å². The van der Waals surface area contributed by atoms with Crippen molar-refractivity contribution in [3.05, 3.63) is 0 Å². The average Bonchev–Trinajstić information content (AvgIpc) is 2.23. The molecular weight excluding hydrogens is 232 g/mol. The van der Waals surface area contributed by atoms with E-state index in [0.717, 1.165) is 0 Å². The molecule has 7 N–H and O–H groups in total. The zero-order valence-electron chi connectivity index (χ0n) is 9.33. The fourth-order valence-electron chi connectivity index (χ4n) is 0.656. The number of aliphatic carboxylic acids is 3. The summed E-state index contributed by atoms with van der Waals surface area (Å²) in [5.41, 5.74) is 10.0. The molecule has 1 unspecified atom stereocenters. The number of nitrogens with two attached hydrogens (primary N) is 2. The molecule has 8 nitrogen and oxygen atoms in total. The van der Waals surface area contributed by atoms with Crippen LogP contribution >= 0.6 is 0 Å². The van der Waals surface area contributed by atoms with Crippen molar-refractivity contribution in [1.82, 2.24) is 0 Å². The van der Waals surface area contributed by atoms with E-state index in [4.69, 9.17) is 26.8 Å². The standard InChI is InChI=1S/C5H9NO4.C4H9NO2/c6-3(5(9)10)1-2-4(7)8;5-3-1-2-4(6)7/h3H,1-2,6H2,(H,7,8)(H,9,10);1-3,5H2,(H,6,7). The van der Waals surface area contributed by atoms with Gasteiger partial charge in [0.15, 0.2) is 0 Å². The highest BCUT2D eigenvalue weighted by molar-refractivity contribution is 5.74. The summed E-state index contributed by atoms with van der Waals surface area (Å²) in [6.07, 6.45) is 0.546. The Morgan fingerprint density at radius 2 is 1.47 bits per heavy atom. The summed E-state index contributed by atoms with van der Waals surface area (Å²) in [5, 5.41) is 24.3. The van der Waals surface area contributed by atoms with Gasteiger partial charge in [-0.15, -0.1) is 0 Å². The summed E-state index contributed by atoms with van der Waals surface area (Å²) < 4.78 is 0. The quantitative estimate of drug-likeness (QED) is 0.386. The Morgan fingerprint density at radius 3 is 1.71 bits per heavy atom. The van der Waals surface area contributed by atoms with Gasteiger partial charge in [-0.25, -0.2) is 0 Å². The van der Waals surface area contributed by atoms with Gasteiger partial charge in [-0.05, 0) is 19.4 Å². The molecule has 0 aliphatic heterocycles. The van der Waals surface area contributed by atoms with Crippen LogP contribution in [-0.2, 0) is 14.4 Å². The molecule has 0 saturated carbocycles. The van der Waals surface area contributed by atoms with Crippen molar-refractivity contribution in [2.75, 3.05) is 6.54 Å². The third kappa shape index (κ3) is 17.0. The molecule has 0 saturated heterocycles. The Kier molecular flexibility index (Phi) is 11.3. The van der Waals surface area contributed by atoms with E-state index in [1.807, 2.05) is 0 Å². The molecule has 0 aromatic carbocycles. The zero-order chi connectivity index (χ0) is 13.8. The zero-order valence-corrected chi connectivity index (χ0v) is 9.33. The van der Waals surface area contributed by atoms with Crippen molar-refractivity contribution in [3.8, 4) is 0 Å². The fraction of sp³-hybridized carbons (Fsp3) is 0.667. The highest BCUT2D eigenvalue weighted by Crippen LogP contribution is 1.93. The van der Waals surface area contributed by atoms with Crippen molar-refractivity contribution in [2.24, 2.45) is 11.5 Å². The number of hydrogen-bond acceptors (Lipinski definition) is 5. The predicted molar refractivity (Wildman–Crippen MR) is 58.4 cm³/mol. The van der Waals surface area contributed by atoms with Crippen LogP contribution in [0.1, 0.15) is 25.7 Å². The van der Waals surface area contributed by atoms with Crippen LogP contribution in [-0.4, -0.2) is 45.8 Å². The average molecular weight is 250 g/mol. The van der Waals surface area contributed by atoms with Gasteiger partial charge in [0.2, 0.25) is 0 Å². The van der Waals surface area contributed by atoms with Gasteiger partial charge >= 0.3 is 17.9 Å². The van der Waals surface area contributed by atoms with E-state index >= 15 is 0 Å². The van der Waals surface area contributed by atoms with Gasteiger partial charge < -0.3 is 26.8 Å². The molecule has 0 aromatic rings. The first-order chi connectivity index (χ1) is 7.81. The molecule has 1 atom stereocenters. The van der Waals surface area contributed by atoms with Crippen molar-refractivity contribution in [1.29, 1.82) is 0 Å². The van der Waals surface area contributed by atoms with Crippen LogP contribution in [0.5, 0.6) is 0 Å². The van der Waals surface area contributed by atoms with Crippen LogP contribution in [0.2, 0.25) is 0 Å². The molecule has 0 fully saturated rings. The summed E-state index contributed by atoms with van der Waals surface area (Å²) in [6, 6.07) is -1.06. The first-order valence-corrected chi connectivity index (χ1v) is 4.93. The summed E-state index contributed by atoms with van der Waals surface area (Å²) in [6.45, 7) is 0.465. The van der Waals surface area contributed by atoms with Gasteiger partial charge in [-0.2, -0.15) is 0 Å². The number of carboxylic acids is 3. The van der Waals surface area contributed by atoms with E-state index in [1.165, 1.54) is 0 Å². The third-order valence-electron chi connectivity index (χ3n) is 1.58. The lowest BCUT2D eigenvalue weighted by atomic mass is 10.2. The summed E-state index contributed by atoms with van der Waals surface area (Å²) >= 11 is 0. The van der Waals surface area contributed by atoms with Gasteiger partial charge in [0.05, 0.1) is 0 Å². The lowest BCUT2D eigenvalue weighted by Crippen LogP contribution is -2.30. The van der Waals surface area contributed by atoms with Gasteiger partial charge in [-0.1, -0.05) is 0 Å². The molecule has 0 bridgehead atoms. The highest BCUT2D eigenvalue weighted by atomic mass is 16.4. The Hall–Kier alpha value is -1.67. The highest BCUT2D eigenvalue weighted by Gasteiger charge is 2.12. The lowest BCUT2D eigenvalue weighted by Gasteiger charge is -2.01. The second-order valence-corrected chi connectivity index (χ2v) is 3.16. The van der Waals surface area contributed by atoms with E-state index in [0.29, 0.717) is 13.0 Å². The van der Waals surface area contributed by atoms with E-state index in [1.54, 1.807) is 0 Å². The minimum absolute atomic E-state index is 0.0231. The fourth-order valence-corrected chi connectivity index (χ4v) is 0.656. The summed E-state index contributed by atoms with van der Waals surface area (Å²) in [7, 11) is 0. The molecule has 0 aliphatic rings. The first kappa shape index (κ1) is 17.7. The maximum absolute atomic E-state index is 9.99. The van der Waals surface area contributed by atoms with Crippen LogP contribution in [0.3, 0.4) is 0 Å². The Balaban J connectivity index is 0. The van der Waals surface area contributed by atoms with Gasteiger partial charge in [0.25, 0.3) is 0 Å². The molecule has 17 heavy (non-hydrogen) atoms. The molecule has 0 amide bonds. The maximum atomic E-state index is 9.99. The normalized spacial score (nSPS) is 10.9. The van der Waals surface area contributed by atoms with Crippen LogP contribution < -0.4 is 11.5 Å². The second kappa shape index (κ2) is 10.8. The summed E-state index contributed by atoms with van der Waals surface area (Å²) in [5.74, 6) is -2.97. The Morgan fingerprint density at radius 1 is 1.00 bits per heavy atom. The minimum atomic E-state index is -1.17. The van der Waals surface area contributed by atoms with Crippen LogP contribution in [0, 0.1) is 0 Å². The number of rotatable bonds is 7. The van der Waals surface area contributed by atoms with E-state index in [9.17, 15) is 14.4 Å².